The molecule has 0 saturated heterocycles. The molecule has 23 heavy (non-hydrogen) atoms. The van der Waals surface area contributed by atoms with Gasteiger partial charge in [-0.05, 0) is 46.0 Å². The second kappa shape index (κ2) is 10.6. The Morgan fingerprint density at radius 2 is 1.96 bits per heavy atom. The molecule has 0 aliphatic carbocycles. The van der Waals surface area contributed by atoms with E-state index in [1.165, 1.54) is 6.07 Å². The molecule has 0 fully saturated rings. The molecule has 1 aromatic rings. The lowest BCUT2D eigenvalue weighted by Gasteiger charge is -2.15. The summed E-state index contributed by atoms with van der Waals surface area (Å²) >= 11 is 3.11. The number of nitrogens with two attached hydrogens (primary N) is 1. The maximum Gasteiger partial charge on any atom is 0.239 e. The zero-order chi connectivity index (χ0) is 16.7. The molecule has 0 unspecified atom stereocenters. The largest absolute Gasteiger partial charge is 0.354 e. The highest BCUT2D eigenvalue weighted by Gasteiger charge is 2.17. The Kier molecular flexibility index (Phi) is 10.0. The number of hydrogen-bond donors (Lipinski definition) is 3. The number of amides is 2. The molecule has 8 heteroatoms. The fraction of sp³-hybridized carbons (Fsp3) is 0.467. The molecule has 1 atom stereocenters. The zero-order valence-corrected chi connectivity index (χ0v) is 15.5. The highest BCUT2D eigenvalue weighted by Crippen LogP contribution is 2.16. The first-order valence-corrected chi connectivity index (χ1v) is 7.84. The van der Waals surface area contributed by atoms with Crippen molar-refractivity contribution in [2.45, 2.75) is 26.3 Å². The minimum absolute atomic E-state index is 0. The molecule has 4 N–H and O–H groups in total. The maximum atomic E-state index is 13.1. The summed E-state index contributed by atoms with van der Waals surface area (Å²) in [7, 11) is 0. The molecule has 5 nitrogen and oxygen atoms in total. The zero-order valence-electron chi connectivity index (χ0n) is 13.1. The van der Waals surface area contributed by atoms with E-state index in [-0.39, 0.29) is 42.5 Å². The summed E-state index contributed by atoms with van der Waals surface area (Å²) in [6.07, 6.45) is 0.573. The van der Waals surface area contributed by atoms with Gasteiger partial charge < -0.3 is 16.4 Å². The molecule has 0 aliphatic rings. The van der Waals surface area contributed by atoms with E-state index in [0.717, 1.165) is 5.56 Å². The molecular formula is C15H22BrClFN3O2. The van der Waals surface area contributed by atoms with Crippen molar-refractivity contribution in [1.29, 1.82) is 0 Å². The first-order chi connectivity index (χ1) is 10.3. The van der Waals surface area contributed by atoms with E-state index >= 15 is 0 Å². The van der Waals surface area contributed by atoms with Crippen LogP contribution in [0, 0.1) is 11.7 Å². The molecule has 0 radical (unpaired) electrons. The molecular weight excluding hydrogens is 389 g/mol. The lowest BCUT2D eigenvalue weighted by Crippen LogP contribution is -2.47. The Labute approximate surface area is 150 Å². The van der Waals surface area contributed by atoms with Gasteiger partial charge in [-0.15, -0.1) is 12.4 Å². The van der Waals surface area contributed by atoms with Gasteiger partial charge >= 0.3 is 0 Å². The van der Waals surface area contributed by atoms with Gasteiger partial charge in [-0.2, -0.15) is 0 Å². The molecule has 1 rings (SSSR count). The molecule has 0 saturated carbocycles. The van der Waals surface area contributed by atoms with E-state index in [0.29, 0.717) is 17.4 Å². The van der Waals surface area contributed by atoms with Gasteiger partial charge in [0.05, 0.1) is 17.1 Å². The van der Waals surface area contributed by atoms with Crippen molar-refractivity contribution in [3.63, 3.8) is 0 Å². The van der Waals surface area contributed by atoms with E-state index in [2.05, 4.69) is 26.6 Å². The number of nitrogens with one attached hydrogen (secondary N) is 2. The number of hydrogen-bond acceptors (Lipinski definition) is 3. The van der Waals surface area contributed by atoms with Crippen molar-refractivity contribution in [3.05, 3.63) is 34.1 Å². The topological polar surface area (TPSA) is 84.2 Å². The Morgan fingerprint density at radius 3 is 2.52 bits per heavy atom. The summed E-state index contributed by atoms with van der Waals surface area (Å²) in [4.78, 5) is 23.2. The smallest absolute Gasteiger partial charge is 0.239 e. The summed E-state index contributed by atoms with van der Waals surface area (Å²) in [5, 5.41) is 5.18. The number of benzene rings is 1. The Balaban J connectivity index is 0.00000484. The van der Waals surface area contributed by atoms with Gasteiger partial charge in [-0.25, -0.2) is 4.39 Å². The third-order valence-electron chi connectivity index (χ3n) is 3.16. The lowest BCUT2D eigenvalue weighted by atomic mass is 10.1. The molecule has 0 spiro atoms. The minimum atomic E-state index is -0.621. The van der Waals surface area contributed by atoms with Crippen LogP contribution in [-0.2, 0) is 16.0 Å². The number of rotatable bonds is 7. The molecule has 130 valence electrons. The summed E-state index contributed by atoms with van der Waals surface area (Å²) in [5.41, 5.74) is 6.57. The quantitative estimate of drug-likeness (QED) is 0.640. The third kappa shape index (κ3) is 7.76. The van der Waals surface area contributed by atoms with Gasteiger partial charge in [0.1, 0.15) is 5.82 Å². The monoisotopic (exact) mass is 409 g/mol. The van der Waals surface area contributed by atoms with E-state index in [4.69, 9.17) is 5.73 Å². The highest BCUT2D eigenvalue weighted by molar-refractivity contribution is 9.10. The third-order valence-corrected chi connectivity index (χ3v) is 3.77. The molecule has 2 amide bonds. The van der Waals surface area contributed by atoms with E-state index in [1.54, 1.807) is 12.1 Å². The summed E-state index contributed by atoms with van der Waals surface area (Å²) < 4.78 is 13.5. The van der Waals surface area contributed by atoms with Crippen LogP contribution in [0.1, 0.15) is 19.4 Å². The Hall–Kier alpha value is -1.18. The lowest BCUT2D eigenvalue weighted by molar-refractivity contribution is -0.127. The predicted octanol–water partition coefficient (Wildman–Crippen LogP) is 1.77. The molecule has 0 aromatic heterocycles. The molecule has 0 aliphatic heterocycles. The molecule has 1 aromatic carbocycles. The van der Waals surface area contributed by atoms with Gasteiger partial charge in [-0.1, -0.05) is 19.9 Å². The average molecular weight is 411 g/mol. The van der Waals surface area contributed by atoms with E-state index in [1.807, 2.05) is 13.8 Å². The van der Waals surface area contributed by atoms with Crippen molar-refractivity contribution < 1.29 is 14.0 Å². The van der Waals surface area contributed by atoms with Gasteiger partial charge in [0, 0.05) is 6.54 Å². The summed E-state index contributed by atoms with van der Waals surface area (Å²) in [6.45, 7) is 3.98. The van der Waals surface area contributed by atoms with Crippen molar-refractivity contribution >= 4 is 40.2 Å². The fourth-order valence-corrected chi connectivity index (χ4v) is 2.12. The van der Waals surface area contributed by atoms with E-state index in [9.17, 15) is 14.0 Å². The summed E-state index contributed by atoms with van der Waals surface area (Å²) in [6, 6.07) is 4.08. The number of halogens is 3. The highest BCUT2D eigenvalue weighted by atomic mass is 79.9. The molecule has 0 bridgehead atoms. The summed E-state index contributed by atoms with van der Waals surface area (Å²) in [5.74, 6) is -0.935. The van der Waals surface area contributed by atoms with Gasteiger partial charge in [0.15, 0.2) is 0 Å². The fourth-order valence-electron chi connectivity index (χ4n) is 1.69. The molecule has 0 heterocycles. The van der Waals surface area contributed by atoms with Crippen LogP contribution in [0.4, 0.5) is 4.39 Å². The van der Waals surface area contributed by atoms with Gasteiger partial charge in [-0.3, -0.25) is 9.59 Å². The van der Waals surface area contributed by atoms with Crippen molar-refractivity contribution in [2.75, 3.05) is 13.1 Å². The van der Waals surface area contributed by atoms with Crippen LogP contribution in [0.3, 0.4) is 0 Å². The van der Waals surface area contributed by atoms with Gasteiger partial charge in [0.2, 0.25) is 11.8 Å². The standard InChI is InChI=1S/C15H21BrFN3O2.ClH/c1-9(2)14(18)15(22)20-8-13(21)19-6-5-10-3-4-12(17)11(16)7-10;/h3-4,7,9,14H,5-6,8,18H2,1-2H3,(H,19,21)(H,20,22);1H/t14-;/m0./s1. The van der Waals surface area contributed by atoms with E-state index < -0.39 is 6.04 Å². The first kappa shape index (κ1) is 21.8. The first-order valence-electron chi connectivity index (χ1n) is 7.05. The van der Waals surface area contributed by atoms with Crippen LogP contribution in [-0.4, -0.2) is 30.9 Å². The van der Waals surface area contributed by atoms with Gasteiger partial charge in [0.25, 0.3) is 0 Å². The van der Waals surface area contributed by atoms with Crippen molar-refractivity contribution in [3.8, 4) is 0 Å². The van der Waals surface area contributed by atoms with Crippen LogP contribution >= 0.6 is 28.3 Å². The predicted molar refractivity (Wildman–Crippen MR) is 93.9 cm³/mol. The van der Waals surface area contributed by atoms with Crippen LogP contribution in [0.5, 0.6) is 0 Å². The Bertz CT molecular complexity index is 543. The number of carbonyl (C=O) groups excluding carboxylic acids is 2. The average Bonchev–Trinajstić information content (AvgIpc) is 2.47. The normalized spacial score (nSPS) is 11.6. The second-order valence-corrected chi connectivity index (χ2v) is 6.19. The van der Waals surface area contributed by atoms with Crippen LogP contribution in [0.25, 0.3) is 0 Å². The van der Waals surface area contributed by atoms with Crippen molar-refractivity contribution in [1.82, 2.24) is 10.6 Å². The van der Waals surface area contributed by atoms with Crippen LogP contribution in [0.2, 0.25) is 0 Å². The second-order valence-electron chi connectivity index (χ2n) is 5.34. The van der Waals surface area contributed by atoms with Crippen molar-refractivity contribution in [2.24, 2.45) is 11.7 Å². The van der Waals surface area contributed by atoms with Crippen LogP contribution in [0.15, 0.2) is 22.7 Å². The van der Waals surface area contributed by atoms with Crippen LogP contribution < -0.4 is 16.4 Å². The SMILES string of the molecule is CC(C)[C@H](N)C(=O)NCC(=O)NCCc1ccc(F)c(Br)c1.Cl. The minimum Gasteiger partial charge on any atom is -0.354 e. The maximum absolute atomic E-state index is 13.1. The Morgan fingerprint density at radius 1 is 1.30 bits per heavy atom. The number of carbonyl (C=O) groups is 2.